The van der Waals surface area contributed by atoms with Crippen molar-refractivity contribution in [1.82, 2.24) is 0 Å². The molecule has 594 valence electrons. The number of aliphatic hydroxyl groups excluding tert-OH is 1. The molecule has 6 atom stereocenters. The molecule has 0 spiro atoms. The molecule has 3 N–H and O–H groups in total. The Morgan fingerprint density at radius 3 is 0.710 bits per heavy atom. The summed E-state index contributed by atoms with van der Waals surface area (Å²) in [5.74, 6) is 0.981. The van der Waals surface area contributed by atoms with Crippen molar-refractivity contribution in [3.05, 3.63) is 0 Å². The molecule has 0 fully saturated rings. The molecule has 100 heavy (non-hydrogen) atoms. The van der Waals surface area contributed by atoms with Crippen LogP contribution in [0.2, 0.25) is 0 Å². The Balaban J connectivity index is 5.21. The zero-order valence-electron chi connectivity index (χ0n) is 65.8. The van der Waals surface area contributed by atoms with Crippen LogP contribution >= 0.6 is 15.6 Å². The molecular formula is C81H158O17P2. The number of ether oxygens (including phenoxy) is 4. The van der Waals surface area contributed by atoms with E-state index >= 15 is 0 Å². The lowest BCUT2D eigenvalue weighted by Crippen LogP contribution is -2.30. The van der Waals surface area contributed by atoms with E-state index in [0.717, 1.165) is 114 Å². The van der Waals surface area contributed by atoms with Gasteiger partial charge in [-0.05, 0) is 49.4 Å². The van der Waals surface area contributed by atoms with Crippen molar-refractivity contribution in [3.63, 3.8) is 0 Å². The summed E-state index contributed by atoms with van der Waals surface area (Å²) >= 11 is 0. The minimum absolute atomic E-state index is 0.105. The van der Waals surface area contributed by atoms with Gasteiger partial charge in [-0.1, -0.05) is 364 Å². The molecule has 0 amide bonds. The second-order valence-corrected chi connectivity index (χ2v) is 33.7. The summed E-state index contributed by atoms with van der Waals surface area (Å²) in [6, 6.07) is 0. The summed E-state index contributed by atoms with van der Waals surface area (Å²) in [4.78, 5) is 73.0. The smallest absolute Gasteiger partial charge is 0.462 e. The number of hydrogen-bond donors (Lipinski definition) is 3. The Morgan fingerprint density at radius 2 is 0.480 bits per heavy atom. The Morgan fingerprint density at radius 1 is 0.280 bits per heavy atom. The highest BCUT2D eigenvalue weighted by atomic mass is 31.2. The third kappa shape index (κ3) is 73.0. The first-order valence-corrected chi connectivity index (χ1v) is 44.7. The van der Waals surface area contributed by atoms with Gasteiger partial charge in [0.05, 0.1) is 26.4 Å². The van der Waals surface area contributed by atoms with Crippen LogP contribution in [0.15, 0.2) is 0 Å². The molecule has 0 bridgehead atoms. The van der Waals surface area contributed by atoms with Crippen molar-refractivity contribution >= 4 is 39.5 Å². The fourth-order valence-electron chi connectivity index (χ4n) is 12.4. The Hall–Kier alpha value is -1.94. The van der Waals surface area contributed by atoms with Gasteiger partial charge in [0.2, 0.25) is 0 Å². The van der Waals surface area contributed by atoms with Crippen molar-refractivity contribution in [2.75, 3.05) is 39.6 Å². The van der Waals surface area contributed by atoms with E-state index < -0.39 is 97.5 Å². The lowest BCUT2D eigenvalue weighted by Gasteiger charge is -2.21. The van der Waals surface area contributed by atoms with Crippen molar-refractivity contribution in [3.8, 4) is 0 Å². The third-order valence-corrected chi connectivity index (χ3v) is 21.1. The second kappa shape index (κ2) is 70.1. The van der Waals surface area contributed by atoms with E-state index in [1.54, 1.807) is 0 Å². The van der Waals surface area contributed by atoms with Gasteiger partial charge in [-0.25, -0.2) is 9.13 Å². The highest BCUT2D eigenvalue weighted by Crippen LogP contribution is 2.45. The molecular weight excluding hydrogens is 1310 g/mol. The standard InChI is InChI=1S/C81H158O17P2/c1-9-74(8)60-52-44-35-29-23-16-14-12-10-11-13-15-17-25-31-37-47-55-63-80(85)97-76(67-91-78(83)61-53-45-36-30-24-19-18-21-27-33-41-49-57-71(2)3)69-95-99(87,88)93-65-75(82)66-94-100(89,90)96-70-77(68-92-79(84)62-54-46-40-39-43-51-59-73(6)7)98-81(86)64-56-48-38-32-26-20-22-28-34-42-50-58-72(4)5/h71-77,82H,9-70H2,1-8H3,(H,87,88)(H,89,90)/t74?,75-,76-,77-/m1/s1. The molecule has 0 rings (SSSR count). The number of phosphoric ester groups is 2. The van der Waals surface area contributed by atoms with Crippen LogP contribution < -0.4 is 0 Å². The molecule has 0 saturated heterocycles. The van der Waals surface area contributed by atoms with Gasteiger partial charge in [-0.3, -0.25) is 37.3 Å². The first-order chi connectivity index (χ1) is 48.1. The van der Waals surface area contributed by atoms with E-state index in [1.807, 2.05) is 0 Å². The van der Waals surface area contributed by atoms with Gasteiger partial charge in [0.25, 0.3) is 0 Å². The van der Waals surface area contributed by atoms with E-state index in [9.17, 15) is 43.2 Å². The van der Waals surface area contributed by atoms with Gasteiger partial charge in [0.1, 0.15) is 19.3 Å². The summed E-state index contributed by atoms with van der Waals surface area (Å²) in [5, 5.41) is 10.6. The number of hydrogen-bond acceptors (Lipinski definition) is 15. The van der Waals surface area contributed by atoms with E-state index in [1.165, 1.54) is 212 Å². The van der Waals surface area contributed by atoms with Gasteiger partial charge in [-0.2, -0.15) is 0 Å². The summed E-state index contributed by atoms with van der Waals surface area (Å²) in [6.45, 7) is 14.2. The molecule has 0 saturated carbocycles. The van der Waals surface area contributed by atoms with Crippen molar-refractivity contribution < 1.29 is 80.2 Å². The highest BCUT2D eigenvalue weighted by Gasteiger charge is 2.30. The van der Waals surface area contributed by atoms with Crippen LogP contribution in [0, 0.1) is 23.7 Å². The van der Waals surface area contributed by atoms with Crippen LogP contribution in [0.3, 0.4) is 0 Å². The summed E-state index contributed by atoms with van der Waals surface area (Å²) in [7, 11) is -9.92. The van der Waals surface area contributed by atoms with Crippen LogP contribution in [0.4, 0.5) is 0 Å². The minimum atomic E-state index is -4.96. The first-order valence-electron chi connectivity index (χ1n) is 41.7. The summed E-state index contributed by atoms with van der Waals surface area (Å²) < 4.78 is 68.7. The van der Waals surface area contributed by atoms with Crippen LogP contribution in [0.1, 0.15) is 415 Å². The van der Waals surface area contributed by atoms with Crippen molar-refractivity contribution in [2.45, 2.75) is 433 Å². The lowest BCUT2D eigenvalue weighted by molar-refractivity contribution is -0.161. The number of phosphoric acid groups is 2. The molecule has 0 heterocycles. The molecule has 0 aromatic rings. The zero-order chi connectivity index (χ0) is 73.8. The van der Waals surface area contributed by atoms with Crippen LogP contribution in [0.25, 0.3) is 0 Å². The fraction of sp³-hybridized carbons (Fsp3) is 0.951. The Labute approximate surface area is 613 Å². The number of esters is 4. The average molecular weight is 1470 g/mol. The molecule has 3 unspecified atom stereocenters. The molecule has 0 radical (unpaired) electrons. The molecule has 19 heteroatoms. The van der Waals surface area contributed by atoms with E-state index in [-0.39, 0.29) is 25.7 Å². The van der Waals surface area contributed by atoms with Gasteiger partial charge in [0, 0.05) is 25.7 Å². The topological polar surface area (TPSA) is 237 Å². The second-order valence-electron chi connectivity index (χ2n) is 30.8. The lowest BCUT2D eigenvalue weighted by atomic mass is 9.99. The summed E-state index contributed by atoms with van der Waals surface area (Å²) in [5.41, 5.74) is 0. The molecule has 0 aliphatic heterocycles. The number of unbranched alkanes of at least 4 members (excludes halogenated alkanes) is 43. The normalized spacial score (nSPS) is 14.3. The van der Waals surface area contributed by atoms with Gasteiger partial charge < -0.3 is 33.8 Å². The van der Waals surface area contributed by atoms with Crippen LogP contribution in [0.5, 0.6) is 0 Å². The highest BCUT2D eigenvalue weighted by molar-refractivity contribution is 7.47. The first kappa shape index (κ1) is 98.1. The molecule has 17 nitrogen and oxygen atoms in total. The number of rotatable bonds is 78. The van der Waals surface area contributed by atoms with E-state index in [0.29, 0.717) is 31.6 Å². The number of carbonyl (C=O) groups is 4. The van der Waals surface area contributed by atoms with Crippen molar-refractivity contribution in [2.24, 2.45) is 23.7 Å². The number of carbonyl (C=O) groups excluding carboxylic acids is 4. The molecule has 0 aliphatic carbocycles. The number of aliphatic hydroxyl groups is 1. The predicted molar refractivity (Wildman–Crippen MR) is 409 cm³/mol. The Bertz CT molecular complexity index is 1960. The van der Waals surface area contributed by atoms with Crippen LogP contribution in [-0.4, -0.2) is 96.7 Å². The fourth-order valence-corrected chi connectivity index (χ4v) is 14.0. The molecule has 0 aromatic heterocycles. The zero-order valence-corrected chi connectivity index (χ0v) is 67.6. The predicted octanol–water partition coefficient (Wildman–Crippen LogP) is 24.0. The molecule has 0 aromatic carbocycles. The van der Waals surface area contributed by atoms with E-state index in [2.05, 4.69) is 55.4 Å². The van der Waals surface area contributed by atoms with Gasteiger partial charge >= 0.3 is 39.5 Å². The van der Waals surface area contributed by atoms with Crippen molar-refractivity contribution in [1.29, 1.82) is 0 Å². The SMILES string of the molecule is CCC(C)CCCCCCCCCCCCCCCCCCCCC(=O)O[C@H](COC(=O)CCCCCCCCCCCCCCC(C)C)COP(=O)(O)OC[C@@H](O)COP(=O)(O)OC[C@@H](COC(=O)CCCCCCCCC(C)C)OC(=O)CCCCCCCCCCCCCC(C)C. The van der Waals surface area contributed by atoms with E-state index in [4.69, 9.17) is 37.0 Å². The van der Waals surface area contributed by atoms with Gasteiger partial charge in [-0.15, -0.1) is 0 Å². The summed E-state index contributed by atoms with van der Waals surface area (Å²) in [6.07, 6.45) is 57.1. The average Bonchev–Trinajstić information content (AvgIpc) is 0.915. The van der Waals surface area contributed by atoms with Gasteiger partial charge in [0.15, 0.2) is 12.2 Å². The largest absolute Gasteiger partial charge is 0.472 e. The quantitative estimate of drug-likeness (QED) is 0.0222. The maximum absolute atomic E-state index is 13.1. The maximum atomic E-state index is 13.1. The van der Waals surface area contributed by atoms with Crippen LogP contribution in [-0.2, 0) is 65.4 Å². The molecule has 0 aliphatic rings. The third-order valence-electron chi connectivity index (χ3n) is 19.2. The monoisotopic (exact) mass is 1470 g/mol. The Kier molecular flexibility index (Phi) is 68.7. The maximum Gasteiger partial charge on any atom is 0.472 e. The minimum Gasteiger partial charge on any atom is -0.462 e.